The highest BCUT2D eigenvalue weighted by Gasteiger charge is 2.06. The molecule has 0 aromatic heterocycles. The smallest absolute Gasteiger partial charge is 0.224 e. The molecular weight excluding hydrogens is 280 g/mol. The van der Waals surface area contributed by atoms with Crippen molar-refractivity contribution in [3.05, 3.63) is 34.3 Å². The summed E-state index contributed by atoms with van der Waals surface area (Å²) in [6.07, 6.45) is 1.37. The molecule has 1 aromatic rings. The molecule has 1 aromatic carbocycles. The molecule has 0 aliphatic heterocycles. The van der Waals surface area contributed by atoms with Gasteiger partial charge in [0.1, 0.15) is 0 Å². The number of nitrogens with one attached hydrogen (secondary N) is 2. The van der Waals surface area contributed by atoms with E-state index in [1.165, 1.54) is 0 Å². The largest absolute Gasteiger partial charge is 0.356 e. The predicted octanol–water partition coefficient (Wildman–Crippen LogP) is 2.11. The van der Waals surface area contributed by atoms with Crippen LogP contribution in [0.1, 0.15) is 18.9 Å². The first-order chi connectivity index (χ1) is 8.13. The van der Waals surface area contributed by atoms with Crippen LogP contribution in [0.2, 0.25) is 0 Å². The summed E-state index contributed by atoms with van der Waals surface area (Å²) in [4.78, 5) is 11.7. The number of hydrogen-bond donors (Lipinski definition) is 2. The number of benzene rings is 1. The van der Waals surface area contributed by atoms with Crippen molar-refractivity contribution in [3.8, 4) is 0 Å². The van der Waals surface area contributed by atoms with Gasteiger partial charge < -0.3 is 10.6 Å². The third-order valence-corrected chi connectivity index (χ3v) is 3.47. The van der Waals surface area contributed by atoms with Gasteiger partial charge in [0.25, 0.3) is 0 Å². The molecule has 2 N–H and O–H groups in total. The normalized spacial score (nSPS) is 12.2. The molecule has 0 aliphatic rings. The molecule has 94 valence electrons. The lowest BCUT2D eigenvalue weighted by Gasteiger charge is -2.11. The molecule has 0 saturated carbocycles. The predicted molar refractivity (Wildman–Crippen MR) is 74.0 cm³/mol. The molecule has 0 bridgehead atoms. The van der Waals surface area contributed by atoms with E-state index in [4.69, 9.17) is 0 Å². The Morgan fingerprint density at radius 3 is 2.76 bits per heavy atom. The van der Waals surface area contributed by atoms with Crippen LogP contribution in [0.25, 0.3) is 0 Å². The van der Waals surface area contributed by atoms with Gasteiger partial charge in [-0.25, -0.2) is 0 Å². The minimum atomic E-state index is 0.0696. The van der Waals surface area contributed by atoms with E-state index in [1.807, 2.05) is 31.3 Å². The van der Waals surface area contributed by atoms with Gasteiger partial charge in [-0.05, 0) is 32.0 Å². The lowest BCUT2D eigenvalue weighted by atomic mass is 10.1. The molecule has 0 saturated heterocycles. The van der Waals surface area contributed by atoms with Crippen LogP contribution in [-0.4, -0.2) is 25.5 Å². The summed E-state index contributed by atoms with van der Waals surface area (Å²) in [5.41, 5.74) is 1.02. The second kappa shape index (κ2) is 7.45. The average Bonchev–Trinajstić information content (AvgIpc) is 2.32. The number of carbonyl (C=O) groups excluding carboxylic acids is 1. The van der Waals surface area contributed by atoms with Crippen molar-refractivity contribution in [1.29, 1.82) is 0 Å². The second-order valence-corrected chi connectivity index (χ2v) is 4.95. The fourth-order valence-corrected chi connectivity index (χ4v) is 1.87. The van der Waals surface area contributed by atoms with Crippen LogP contribution >= 0.6 is 15.9 Å². The Hall–Kier alpha value is -0.870. The molecule has 0 fully saturated rings. The molecule has 1 amide bonds. The van der Waals surface area contributed by atoms with Crippen molar-refractivity contribution >= 4 is 21.8 Å². The molecule has 17 heavy (non-hydrogen) atoms. The van der Waals surface area contributed by atoms with Crippen LogP contribution in [0, 0.1) is 0 Å². The van der Waals surface area contributed by atoms with E-state index in [9.17, 15) is 4.79 Å². The molecular formula is C13H19BrN2O. The van der Waals surface area contributed by atoms with Gasteiger partial charge in [0, 0.05) is 17.1 Å². The Bertz CT molecular complexity index is 368. The maximum absolute atomic E-state index is 11.7. The summed E-state index contributed by atoms with van der Waals surface area (Å²) in [6, 6.07) is 8.22. The van der Waals surface area contributed by atoms with Crippen molar-refractivity contribution < 1.29 is 4.79 Å². The lowest BCUT2D eigenvalue weighted by molar-refractivity contribution is -0.120. The van der Waals surface area contributed by atoms with Gasteiger partial charge in [-0.2, -0.15) is 0 Å². The van der Waals surface area contributed by atoms with Gasteiger partial charge in [-0.3, -0.25) is 4.79 Å². The van der Waals surface area contributed by atoms with Crippen LogP contribution < -0.4 is 10.6 Å². The fraction of sp³-hybridized carbons (Fsp3) is 0.462. The number of rotatable bonds is 6. The SMILES string of the molecule is CNC(C)CCNC(=O)Cc1ccccc1Br. The summed E-state index contributed by atoms with van der Waals surface area (Å²) in [5.74, 6) is 0.0696. The average molecular weight is 299 g/mol. The summed E-state index contributed by atoms with van der Waals surface area (Å²) in [6.45, 7) is 2.81. The Kier molecular flexibility index (Phi) is 6.22. The Morgan fingerprint density at radius 2 is 2.12 bits per heavy atom. The van der Waals surface area contributed by atoms with Gasteiger partial charge in [-0.15, -0.1) is 0 Å². The van der Waals surface area contributed by atoms with Crippen LogP contribution in [0.4, 0.5) is 0 Å². The fourth-order valence-electron chi connectivity index (χ4n) is 1.45. The minimum absolute atomic E-state index is 0.0696. The number of amides is 1. The van der Waals surface area contributed by atoms with Gasteiger partial charge in [0.15, 0.2) is 0 Å². The van der Waals surface area contributed by atoms with Crippen LogP contribution in [0.15, 0.2) is 28.7 Å². The highest BCUT2D eigenvalue weighted by molar-refractivity contribution is 9.10. The topological polar surface area (TPSA) is 41.1 Å². The minimum Gasteiger partial charge on any atom is -0.356 e. The van der Waals surface area contributed by atoms with Crippen molar-refractivity contribution in [3.63, 3.8) is 0 Å². The zero-order valence-corrected chi connectivity index (χ0v) is 11.9. The molecule has 1 rings (SSSR count). The third-order valence-electron chi connectivity index (χ3n) is 2.70. The van der Waals surface area contributed by atoms with Crippen LogP contribution in [0.3, 0.4) is 0 Å². The lowest BCUT2D eigenvalue weighted by Crippen LogP contribution is -2.31. The number of halogens is 1. The molecule has 0 heterocycles. The first-order valence-electron chi connectivity index (χ1n) is 5.81. The van der Waals surface area contributed by atoms with Gasteiger partial charge in [0.05, 0.1) is 6.42 Å². The molecule has 0 radical (unpaired) electrons. The quantitative estimate of drug-likeness (QED) is 0.844. The number of carbonyl (C=O) groups is 1. The highest BCUT2D eigenvalue weighted by atomic mass is 79.9. The standard InChI is InChI=1S/C13H19BrN2O/c1-10(15-2)7-8-16-13(17)9-11-5-3-4-6-12(11)14/h3-6,10,15H,7-9H2,1-2H3,(H,16,17). The first-order valence-corrected chi connectivity index (χ1v) is 6.60. The molecule has 0 spiro atoms. The van der Waals surface area contributed by atoms with E-state index in [0.717, 1.165) is 16.5 Å². The third kappa shape index (κ3) is 5.33. The van der Waals surface area contributed by atoms with Crippen LogP contribution in [0.5, 0.6) is 0 Å². The summed E-state index contributed by atoms with van der Waals surface area (Å²) in [7, 11) is 1.92. The Labute approximate surface area is 111 Å². The van der Waals surface area contributed by atoms with Gasteiger partial charge in [-0.1, -0.05) is 34.1 Å². The maximum Gasteiger partial charge on any atom is 0.224 e. The molecule has 0 aliphatic carbocycles. The molecule has 4 heteroatoms. The second-order valence-electron chi connectivity index (χ2n) is 4.10. The van der Waals surface area contributed by atoms with E-state index in [0.29, 0.717) is 19.0 Å². The molecule has 1 unspecified atom stereocenters. The van der Waals surface area contributed by atoms with Crippen LogP contribution in [-0.2, 0) is 11.2 Å². The molecule has 1 atom stereocenters. The van der Waals surface area contributed by atoms with Crippen molar-refractivity contribution in [2.24, 2.45) is 0 Å². The first kappa shape index (κ1) is 14.2. The summed E-state index contributed by atoms with van der Waals surface area (Å²) >= 11 is 3.44. The number of hydrogen-bond acceptors (Lipinski definition) is 2. The van der Waals surface area contributed by atoms with E-state index in [-0.39, 0.29) is 5.91 Å². The van der Waals surface area contributed by atoms with E-state index >= 15 is 0 Å². The van der Waals surface area contributed by atoms with E-state index < -0.39 is 0 Å². The van der Waals surface area contributed by atoms with E-state index in [1.54, 1.807) is 0 Å². The molecule has 3 nitrogen and oxygen atoms in total. The van der Waals surface area contributed by atoms with E-state index in [2.05, 4.69) is 33.5 Å². The summed E-state index contributed by atoms with van der Waals surface area (Å²) < 4.78 is 0.985. The zero-order valence-electron chi connectivity index (χ0n) is 10.3. The Balaban J connectivity index is 2.33. The van der Waals surface area contributed by atoms with Gasteiger partial charge >= 0.3 is 0 Å². The maximum atomic E-state index is 11.7. The van der Waals surface area contributed by atoms with Crippen molar-refractivity contribution in [2.75, 3.05) is 13.6 Å². The zero-order chi connectivity index (χ0) is 12.7. The van der Waals surface area contributed by atoms with Gasteiger partial charge in [0.2, 0.25) is 5.91 Å². The summed E-state index contributed by atoms with van der Waals surface area (Å²) in [5, 5.41) is 6.06. The monoisotopic (exact) mass is 298 g/mol. The van der Waals surface area contributed by atoms with Crippen molar-refractivity contribution in [1.82, 2.24) is 10.6 Å². The Morgan fingerprint density at radius 1 is 1.41 bits per heavy atom. The highest BCUT2D eigenvalue weighted by Crippen LogP contribution is 2.15. The van der Waals surface area contributed by atoms with Crippen molar-refractivity contribution in [2.45, 2.75) is 25.8 Å².